The van der Waals surface area contributed by atoms with Crippen molar-refractivity contribution in [2.75, 3.05) is 6.54 Å². The SMILES string of the molecule is Cc1c(-c2cc3ncn(C)c3c(OC(C)C3CNC(=O)C3)n2)cnn1C. The Hall–Kier alpha value is -2.90. The first-order chi connectivity index (χ1) is 12.4. The molecule has 3 aromatic heterocycles. The summed E-state index contributed by atoms with van der Waals surface area (Å²) in [6, 6.07) is 1.96. The molecular weight excluding hydrogens is 332 g/mol. The van der Waals surface area contributed by atoms with Crippen molar-refractivity contribution in [3.8, 4) is 17.1 Å². The fourth-order valence-corrected chi connectivity index (χ4v) is 3.34. The lowest BCUT2D eigenvalue weighted by atomic mass is 10.0. The van der Waals surface area contributed by atoms with Gasteiger partial charge in [-0.05, 0) is 19.9 Å². The molecule has 8 heteroatoms. The van der Waals surface area contributed by atoms with Crippen molar-refractivity contribution in [3.63, 3.8) is 0 Å². The minimum atomic E-state index is -0.134. The molecule has 1 amide bonds. The van der Waals surface area contributed by atoms with Crippen molar-refractivity contribution in [2.24, 2.45) is 20.0 Å². The molecule has 0 aromatic carbocycles. The summed E-state index contributed by atoms with van der Waals surface area (Å²) < 4.78 is 9.94. The number of amides is 1. The number of aromatic nitrogens is 5. The highest BCUT2D eigenvalue weighted by atomic mass is 16.5. The molecule has 2 unspecified atom stereocenters. The minimum Gasteiger partial charge on any atom is -0.473 e. The monoisotopic (exact) mass is 354 g/mol. The van der Waals surface area contributed by atoms with Gasteiger partial charge in [-0.2, -0.15) is 5.10 Å². The van der Waals surface area contributed by atoms with E-state index in [0.717, 1.165) is 28.0 Å². The molecule has 136 valence electrons. The van der Waals surface area contributed by atoms with Crippen LogP contribution in [0.4, 0.5) is 0 Å². The van der Waals surface area contributed by atoms with E-state index < -0.39 is 0 Å². The van der Waals surface area contributed by atoms with Crippen LogP contribution in [-0.4, -0.2) is 42.9 Å². The standard InChI is InChI=1S/C18H22N6O2/c1-10-13(8-21-24(10)4)14-6-15-17(23(3)9-20-15)18(22-14)26-11(2)12-5-16(25)19-7-12/h6,8-9,11-12H,5,7H2,1-4H3,(H,19,25). The van der Waals surface area contributed by atoms with Crippen LogP contribution in [0.5, 0.6) is 5.88 Å². The number of pyridine rings is 1. The van der Waals surface area contributed by atoms with E-state index >= 15 is 0 Å². The maximum Gasteiger partial charge on any atom is 0.241 e. The number of fused-ring (bicyclic) bond motifs is 1. The maximum atomic E-state index is 11.5. The largest absolute Gasteiger partial charge is 0.473 e. The predicted molar refractivity (Wildman–Crippen MR) is 96.7 cm³/mol. The van der Waals surface area contributed by atoms with Crippen molar-refractivity contribution in [3.05, 3.63) is 24.3 Å². The van der Waals surface area contributed by atoms with E-state index in [4.69, 9.17) is 9.72 Å². The predicted octanol–water partition coefficient (Wildman–Crippen LogP) is 1.58. The van der Waals surface area contributed by atoms with Crippen LogP contribution in [-0.2, 0) is 18.9 Å². The molecule has 26 heavy (non-hydrogen) atoms. The lowest BCUT2D eigenvalue weighted by Crippen LogP contribution is -2.26. The Bertz CT molecular complexity index is 989. The van der Waals surface area contributed by atoms with Crippen LogP contribution in [0.15, 0.2) is 18.6 Å². The zero-order valence-electron chi connectivity index (χ0n) is 15.4. The molecule has 1 saturated heterocycles. The molecule has 0 spiro atoms. The quantitative estimate of drug-likeness (QED) is 0.769. The number of aryl methyl sites for hydroxylation is 2. The average molecular weight is 354 g/mol. The molecular formula is C18H22N6O2. The molecule has 0 aliphatic carbocycles. The van der Waals surface area contributed by atoms with Crippen LogP contribution in [0.25, 0.3) is 22.3 Å². The van der Waals surface area contributed by atoms with Crippen LogP contribution in [0.1, 0.15) is 19.0 Å². The maximum absolute atomic E-state index is 11.5. The molecule has 0 bridgehead atoms. The van der Waals surface area contributed by atoms with Crippen LogP contribution in [0, 0.1) is 12.8 Å². The van der Waals surface area contributed by atoms with E-state index in [1.807, 2.05) is 43.3 Å². The van der Waals surface area contributed by atoms with Crippen LogP contribution >= 0.6 is 0 Å². The molecule has 1 aliphatic rings. The van der Waals surface area contributed by atoms with Gasteiger partial charge in [0.25, 0.3) is 0 Å². The van der Waals surface area contributed by atoms with E-state index in [9.17, 15) is 4.79 Å². The zero-order valence-corrected chi connectivity index (χ0v) is 15.4. The van der Waals surface area contributed by atoms with E-state index in [-0.39, 0.29) is 17.9 Å². The summed E-state index contributed by atoms with van der Waals surface area (Å²) in [5.41, 5.74) is 4.43. The van der Waals surface area contributed by atoms with Gasteiger partial charge >= 0.3 is 0 Å². The van der Waals surface area contributed by atoms with Gasteiger partial charge in [0.15, 0.2) is 0 Å². The van der Waals surface area contributed by atoms with E-state index in [1.165, 1.54) is 0 Å². The summed E-state index contributed by atoms with van der Waals surface area (Å²) in [4.78, 5) is 20.7. The Kier molecular flexibility index (Phi) is 3.90. The van der Waals surface area contributed by atoms with E-state index in [0.29, 0.717) is 18.8 Å². The van der Waals surface area contributed by atoms with Gasteiger partial charge in [-0.25, -0.2) is 9.97 Å². The fraction of sp³-hybridized carbons (Fsp3) is 0.444. The second kappa shape index (κ2) is 6.12. The Balaban J connectivity index is 1.75. The van der Waals surface area contributed by atoms with Crippen LogP contribution < -0.4 is 10.1 Å². The fourth-order valence-electron chi connectivity index (χ4n) is 3.34. The summed E-state index contributed by atoms with van der Waals surface area (Å²) in [6.07, 6.45) is 3.91. The Morgan fingerprint density at radius 2 is 2.19 bits per heavy atom. The normalized spacial score (nSPS) is 18.3. The molecule has 4 rings (SSSR count). The molecule has 1 fully saturated rings. The highest BCUT2D eigenvalue weighted by Crippen LogP contribution is 2.31. The average Bonchev–Trinajstić information content (AvgIpc) is 3.29. The van der Waals surface area contributed by atoms with Crippen molar-refractivity contribution in [1.82, 2.24) is 29.6 Å². The number of nitrogens with zero attached hydrogens (tertiary/aromatic N) is 5. The van der Waals surface area contributed by atoms with Crippen molar-refractivity contribution >= 4 is 16.9 Å². The molecule has 4 heterocycles. The summed E-state index contributed by atoms with van der Waals surface area (Å²) >= 11 is 0. The first kappa shape index (κ1) is 16.6. The molecule has 0 saturated carbocycles. The molecule has 3 aromatic rings. The number of hydrogen-bond donors (Lipinski definition) is 1. The third kappa shape index (κ3) is 2.71. The third-order valence-electron chi connectivity index (χ3n) is 5.14. The van der Waals surface area contributed by atoms with Crippen molar-refractivity contribution < 1.29 is 9.53 Å². The molecule has 1 aliphatic heterocycles. The van der Waals surface area contributed by atoms with Gasteiger partial charge in [0, 0.05) is 44.2 Å². The van der Waals surface area contributed by atoms with Gasteiger partial charge in [-0.15, -0.1) is 0 Å². The number of imidazole rings is 1. The van der Waals surface area contributed by atoms with Crippen LogP contribution in [0.3, 0.4) is 0 Å². The third-order valence-corrected chi connectivity index (χ3v) is 5.14. The lowest BCUT2D eigenvalue weighted by molar-refractivity contribution is -0.119. The van der Waals surface area contributed by atoms with Crippen LogP contribution in [0.2, 0.25) is 0 Å². The van der Waals surface area contributed by atoms with Gasteiger partial charge in [0.1, 0.15) is 11.6 Å². The Morgan fingerprint density at radius 3 is 2.85 bits per heavy atom. The van der Waals surface area contributed by atoms with Gasteiger partial charge in [-0.3, -0.25) is 9.48 Å². The summed E-state index contributed by atoms with van der Waals surface area (Å²) in [7, 11) is 3.83. The van der Waals surface area contributed by atoms with Gasteiger partial charge in [0.05, 0.1) is 23.7 Å². The van der Waals surface area contributed by atoms with E-state index in [1.54, 1.807) is 12.5 Å². The summed E-state index contributed by atoms with van der Waals surface area (Å²) in [6.45, 7) is 4.62. The number of ether oxygens (including phenoxy) is 1. The lowest BCUT2D eigenvalue weighted by Gasteiger charge is -2.20. The first-order valence-corrected chi connectivity index (χ1v) is 8.68. The van der Waals surface area contributed by atoms with Crippen molar-refractivity contribution in [2.45, 2.75) is 26.4 Å². The summed E-state index contributed by atoms with van der Waals surface area (Å²) in [5, 5.41) is 7.16. The second-order valence-corrected chi connectivity index (χ2v) is 6.89. The topological polar surface area (TPSA) is 86.9 Å². The van der Waals surface area contributed by atoms with Gasteiger partial charge in [-0.1, -0.05) is 0 Å². The minimum absolute atomic E-state index is 0.0730. The highest BCUT2D eigenvalue weighted by Gasteiger charge is 2.29. The Morgan fingerprint density at radius 1 is 1.38 bits per heavy atom. The first-order valence-electron chi connectivity index (χ1n) is 8.68. The van der Waals surface area contributed by atoms with Crippen molar-refractivity contribution in [1.29, 1.82) is 0 Å². The molecule has 0 radical (unpaired) electrons. The number of rotatable bonds is 4. The van der Waals surface area contributed by atoms with E-state index in [2.05, 4.69) is 15.4 Å². The van der Waals surface area contributed by atoms with Gasteiger partial charge in [0.2, 0.25) is 11.8 Å². The smallest absolute Gasteiger partial charge is 0.241 e. The number of nitrogens with one attached hydrogen (secondary N) is 1. The number of carbonyl (C=O) groups is 1. The molecule has 1 N–H and O–H groups in total. The Labute approximate surface area is 151 Å². The number of carbonyl (C=O) groups excluding carboxylic acids is 1. The molecule has 2 atom stereocenters. The zero-order chi connectivity index (χ0) is 18.4. The highest BCUT2D eigenvalue weighted by molar-refractivity contribution is 5.85. The molecule has 8 nitrogen and oxygen atoms in total. The summed E-state index contributed by atoms with van der Waals surface area (Å²) in [5.74, 6) is 0.743. The second-order valence-electron chi connectivity index (χ2n) is 6.89. The number of hydrogen-bond acceptors (Lipinski definition) is 5. The van der Waals surface area contributed by atoms with Gasteiger partial charge < -0.3 is 14.6 Å².